The highest BCUT2D eigenvalue weighted by molar-refractivity contribution is 6.32. The maximum absolute atomic E-state index is 13.1. The Morgan fingerprint density at radius 3 is 2.26 bits per heavy atom. The number of benzene rings is 1. The number of nitrogens with zero attached hydrogens (tertiary/aromatic N) is 4. The van der Waals surface area contributed by atoms with E-state index in [1.165, 1.54) is 7.11 Å². The minimum atomic E-state index is -0.424. The van der Waals surface area contributed by atoms with Gasteiger partial charge in [0.2, 0.25) is 5.91 Å². The van der Waals surface area contributed by atoms with Gasteiger partial charge in [-0.1, -0.05) is 29.3 Å². The lowest BCUT2D eigenvalue weighted by Gasteiger charge is -2.43. The van der Waals surface area contributed by atoms with Crippen molar-refractivity contribution in [3.8, 4) is 0 Å². The first-order valence-corrected chi connectivity index (χ1v) is 16.5. The number of halogens is 2. The number of rotatable bonds is 5. The number of hydrogen-bond acceptors (Lipinski definition) is 6. The summed E-state index contributed by atoms with van der Waals surface area (Å²) in [4.78, 5) is 37.8. The van der Waals surface area contributed by atoms with Crippen molar-refractivity contribution in [1.82, 2.24) is 19.7 Å². The van der Waals surface area contributed by atoms with Crippen molar-refractivity contribution in [2.75, 3.05) is 53.4 Å². The van der Waals surface area contributed by atoms with E-state index in [4.69, 9.17) is 32.9 Å². The van der Waals surface area contributed by atoms with E-state index in [0.717, 1.165) is 101 Å². The molecular formula is C34H42Cl2N4O3. The van der Waals surface area contributed by atoms with Gasteiger partial charge in [0.15, 0.2) is 0 Å². The maximum atomic E-state index is 13.1. The number of carbonyl (C=O) groups excluding carboxylic acids is 2. The van der Waals surface area contributed by atoms with Crippen molar-refractivity contribution in [3.63, 3.8) is 0 Å². The number of carbonyl (C=O) groups is 2. The minimum Gasteiger partial charge on any atom is -0.465 e. The molecular weight excluding hydrogens is 583 g/mol. The van der Waals surface area contributed by atoms with Crippen LogP contribution in [0.15, 0.2) is 30.5 Å². The van der Waals surface area contributed by atoms with Crippen LogP contribution in [0.5, 0.6) is 0 Å². The van der Waals surface area contributed by atoms with Crippen LogP contribution in [-0.2, 0) is 14.3 Å². The molecule has 3 fully saturated rings. The molecule has 0 saturated carbocycles. The number of esters is 1. The largest absolute Gasteiger partial charge is 0.465 e. The van der Waals surface area contributed by atoms with Crippen LogP contribution in [0.25, 0.3) is 11.6 Å². The zero-order valence-corrected chi connectivity index (χ0v) is 26.7. The number of pyridine rings is 1. The first-order chi connectivity index (χ1) is 20.8. The predicted molar refractivity (Wildman–Crippen MR) is 171 cm³/mol. The second-order valence-electron chi connectivity index (χ2n) is 12.9. The molecule has 2 aromatic rings. The monoisotopic (exact) mass is 624 g/mol. The molecule has 0 spiro atoms. The molecule has 4 heterocycles. The Bertz CT molecular complexity index is 1370. The van der Waals surface area contributed by atoms with Gasteiger partial charge in [-0.05, 0) is 125 Å². The van der Waals surface area contributed by atoms with Crippen molar-refractivity contribution in [3.05, 3.63) is 62.9 Å². The van der Waals surface area contributed by atoms with Crippen molar-refractivity contribution >= 4 is 46.7 Å². The van der Waals surface area contributed by atoms with E-state index in [1.807, 2.05) is 24.3 Å². The van der Waals surface area contributed by atoms with Gasteiger partial charge in [-0.2, -0.15) is 0 Å². The highest BCUT2D eigenvalue weighted by atomic mass is 35.5. The van der Waals surface area contributed by atoms with E-state index < -0.39 is 5.97 Å². The topological polar surface area (TPSA) is 66.0 Å². The SMILES string of the molecule is COC(=O)C1=Cc2cc(Cl)ccc2C(N2CCC(C3CCN(C(=O)CC4CCN(C)CC4)CC3)CC2)c2ncc(Cl)cc21. The number of methoxy groups -OCH3 is 1. The Morgan fingerprint density at radius 1 is 0.907 bits per heavy atom. The summed E-state index contributed by atoms with van der Waals surface area (Å²) in [5.41, 5.74) is 3.93. The Kier molecular flexibility index (Phi) is 9.43. The highest BCUT2D eigenvalue weighted by Gasteiger charge is 2.37. The zero-order valence-electron chi connectivity index (χ0n) is 25.2. The normalized spacial score (nSPS) is 22.8. The second kappa shape index (κ2) is 13.3. The minimum absolute atomic E-state index is 0.127. The number of piperidine rings is 3. The lowest BCUT2D eigenvalue weighted by Crippen LogP contribution is -2.44. The molecule has 1 aliphatic carbocycles. The average Bonchev–Trinajstić information content (AvgIpc) is 3.16. The third kappa shape index (κ3) is 6.65. The molecule has 1 aromatic carbocycles. The maximum Gasteiger partial charge on any atom is 0.338 e. The fraction of sp³-hybridized carbons (Fsp3) is 0.559. The fourth-order valence-corrected chi connectivity index (χ4v) is 8.08. The van der Waals surface area contributed by atoms with Crippen LogP contribution in [0, 0.1) is 17.8 Å². The summed E-state index contributed by atoms with van der Waals surface area (Å²) in [6.45, 7) is 5.88. The number of aromatic nitrogens is 1. The first kappa shape index (κ1) is 30.6. The second-order valence-corrected chi connectivity index (χ2v) is 13.7. The summed E-state index contributed by atoms with van der Waals surface area (Å²) >= 11 is 12.8. The smallest absolute Gasteiger partial charge is 0.338 e. The van der Waals surface area contributed by atoms with Gasteiger partial charge < -0.3 is 14.5 Å². The summed E-state index contributed by atoms with van der Waals surface area (Å²) in [5, 5.41) is 1.09. The number of amides is 1. The van der Waals surface area contributed by atoms with Gasteiger partial charge in [0.25, 0.3) is 0 Å². The Morgan fingerprint density at radius 2 is 1.58 bits per heavy atom. The van der Waals surface area contributed by atoms with E-state index in [2.05, 4.69) is 27.8 Å². The molecule has 1 unspecified atom stereocenters. The van der Waals surface area contributed by atoms with Crippen molar-refractivity contribution in [1.29, 1.82) is 0 Å². The van der Waals surface area contributed by atoms with Crippen molar-refractivity contribution < 1.29 is 14.3 Å². The number of hydrogen-bond donors (Lipinski definition) is 0. The first-order valence-electron chi connectivity index (χ1n) is 15.8. The van der Waals surface area contributed by atoms with E-state index in [1.54, 1.807) is 6.20 Å². The lowest BCUT2D eigenvalue weighted by molar-refractivity contribution is -0.134. The molecule has 1 aromatic heterocycles. The summed E-state index contributed by atoms with van der Waals surface area (Å²) in [7, 11) is 3.56. The number of ether oxygens (including phenoxy) is 1. The zero-order chi connectivity index (χ0) is 30.1. The Balaban J connectivity index is 1.13. The Labute approximate surface area is 265 Å². The molecule has 7 nitrogen and oxygen atoms in total. The molecule has 9 heteroatoms. The van der Waals surface area contributed by atoms with Gasteiger partial charge in [-0.25, -0.2) is 4.79 Å². The molecule has 0 N–H and O–H groups in total. The molecule has 43 heavy (non-hydrogen) atoms. The molecule has 3 saturated heterocycles. The lowest BCUT2D eigenvalue weighted by atomic mass is 9.78. The highest BCUT2D eigenvalue weighted by Crippen LogP contribution is 2.43. The van der Waals surface area contributed by atoms with E-state index >= 15 is 0 Å². The molecule has 3 aliphatic heterocycles. The fourth-order valence-electron chi connectivity index (χ4n) is 7.74. The van der Waals surface area contributed by atoms with Gasteiger partial charge in [0, 0.05) is 36.3 Å². The van der Waals surface area contributed by atoms with Crippen molar-refractivity contribution in [2.24, 2.45) is 17.8 Å². The molecule has 4 aliphatic rings. The summed E-state index contributed by atoms with van der Waals surface area (Å²) in [6, 6.07) is 7.58. The average molecular weight is 626 g/mol. The van der Waals surface area contributed by atoms with Crippen LogP contribution in [0.3, 0.4) is 0 Å². The van der Waals surface area contributed by atoms with Crippen LogP contribution in [0.1, 0.15) is 73.4 Å². The van der Waals surface area contributed by atoms with Crippen LogP contribution in [-0.4, -0.2) is 85.0 Å². The van der Waals surface area contributed by atoms with E-state index in [9.17, 15) is 9.59 Å². The predicted octanol–water partition coefficient (Wildman–Crippen LogP) is 6.19. The summed E-state index contributed by atoms with van der Waals surface area (Å²) < 4.78 is 5.16. The Hall–Kier alpha value is -2.45. The molecule has 0 radical (unpaired) electrons. The van der Waals surface area contributed by atoms with E-state index in [-0.39, 0.29) is 6.04 Å². The standard InChI is InChI=1S/C34H42Cl2N4O3/c1-38-11-5-22(6-12-38)17-31(41)39-13-7-23(8-14-39)24-9-15-40(16-10-24)33-28-4-3-26(35)18-25(28)19-30(34(42)43-2)29-20-27(36)21-37-32(29)33/h3-4,18-24,33H,5-17H2,1-2H3. The van der Waals surface area contributed by atoms with Gasteiger partial charge in [-0.3, -0.25) is 14.7 Å². The summed E-state index contributed by atoms with van der Waals surface area (Å²) in [6.07, 6.45) is 10.9. The van der Waals surface area contributed by atoms with Crippen LogP contribution >= 0.6 is 23.2 Å². The number of fused-ring (bicyclic) bond motifs is 2. The molecule has 1 amide bonds. The van der Waals surface area contributed by atoms with Crippen molar-refractivity contribution in [2.45, 2.75) is 51.0 Å². The van der Waals surface area contributed by atoms with E-state index in [0.29, 0.717) is 44.8 Å². The number of likely N-dealkylation sites (tertiary alicyclic amines) is 3. The molecule has 0 bridgehead atoms. The van der Waals surface area contributed by atoms with Crippen LogP contribution in [0.2, 0.25) is 10.0 Å². The van der Waals surface area contributed by atoms with Crippen LogP contribution in [0.4, 0.5) is 0 Å². The summed E-state index contributed by atoms with van der Waals surface area (Å²) in [5.74, 6) is 1.80. The quantitative estimate of drug-likeness (QED) is 0.370. The third-order valence-electron chi connectivity index (χ3n) is 10.3. The molecule has 6 rings (SSSR count). The third-order valence-corrected chi connectivity index (χ3v) is 10.7. The van der Waals surface area contributed by atoms with Gasteiger partial charge in [-0.15, -0.1) is 0 Å². The van der Waals surface area contributed by atoms with Gasteiger partial charge in [0.1, 0.15) is 0 Å². The van der Waals surface area contributed by atoms with Gasteiger partial charge >= 0.3 is 5.97 Å². The molecule has 230 valence electrons. The van der Waals surface area contributed by atoms with Crippen LogP contribution < -0.4 is 0 Å². The van der Waals surface area contributed by atoms with Gasteiger partial charge in [0.05, 0.1) is 29.4 Å². The molecule has 1 atom stereocenters.